The highest BCUT2D eigenvalue weighted by Gasteiger charge is 2.30. The van der Waals surface area contributed by atoms with Gasteiger partial charge in [0.1, 0.15) is 11.6 Å². The molecule has 0 aromatic carbocycles. The van der Waals surface area contributed by atoms with E-state index in [0.717, 1.165) is 26.1 Å². The van der Waals surface area contributed by atoms with Crippen LogP contribution >= 0.6 is 39.0 Å². The summed E-state index contributed by atoms with van der Waals surface area (Å²) in [6.45, 7) is 0.631. The van der Waals surface area contributed by atoms with Crippen LogP contribution in [0.25, 0.3) is 10.7 Å². The maximum atomic E-state index is 5.50. The lowest BCUT2D eigenvalue weighted by molar-refractivity contribution is 0.391. The zero-order chi connectivity index (χ0) is 18.2. The van der Waals surface area contributed by atoms with Gasteiger partial charge in [-0.2, -0.15) is 4.98 Å². The molecule has 0 N–H and O–H groups in total. The second kappa shape index (κ2) is 7.25. The van der Waals surface area contributed by atoms with Gasteiger partial charge < -0.3 is 8.94 Å². The van der Waals surface area contributed by atoms with Gasteiger partial charge in [0.25, 0.3) is 0 Å². The fourth-order valence-corrected chi connectivity index (χ4v) is 4.86. The molecule has 0 bridgehead atoms. The normalized spacial score (nSPS) is 14.1. The molecule has 0 saturated heterocycles. The SMILES string of the molecule is Brc1csc(-c2noc(CSc3nnc(C4CC4)n3Cc3ccco3)n2)c1. The fourth-order valence-electron chi connectivity index (χ4n) is 2.73. The third-order valence-electron chi connectivity index (χ3n) is 4.16. The summed E-state index contributed by atoms with van der Waals surface area (Å²) in [5.41, 5.74) is 0. The molecule has 1 aliphatic rings. The standard InChI is InChI=1S/C17H14BrN5O2S2/c18-11-6-13(26-8-11)15-19-14(25-22-15)9-27-17-21-20-16(10-3-4-10)23(17)7-12-2-1-5-24-12/h1-2,5-6,8,10H,3-4,7,9H2. The molecule has 5 rings (SSSR count). The van der Waals surface area contributed by atoms with Gasteiger partial charge in [0.15, 0.2) is 5.16 Å². The lowest BCUT2D eigenvalue weighted by atomic mass is 10.3. The smallest absolute Gasteiger partial charge is 0.237 e. The van der Waals surface area contributed by atoms with Crippen LogP contribution in [0.2, 0.25) is 0 Å². The first kappa shape index (κ1) is 17.2. The average Bonchev–Trinajstić information content (AvgIpc) is 3.11. The summed E-state index contributed by atoms with van der Waals surface area (Å²) in [7, 11) is 0. The Bertz CT molecular complexity index is 1050. The molecule has 4 aromatic rings. The molecule has 0 aliphatic heterocycles. The molecule has 27 heavy (non-hydrogen) atoms. The zero-order valence-corrected chi connectivity index (χ0v) is 17.3. The maximum absolute atomic E-state index is 5.50. The maximum Gasteiger partial charge on any atom is 0.237 e. The fraction of sp³-hybridized carbons (Fsp3) is 0.294. The highest BCUT2D eigenvalue weighted by atomic mass is 79.9. The number of thioether (sulfide) groups is 1. The number of hydrogen-bond donors (Lipinski definition) is 0. The quantitative estimate of drug-likeness (QED) is 0.358. The molecule has 4 heterocycles. The van der Waals surface area contributed by atoms with E-state index in [4.69, 9.17) is 8.94 Å². The summed E-state index contributed by atoms with van der Waals surface area (Å²) in [5.74, 6) is 4.15. The van der Waals surface area contributed by atoms with Gasteiger partial charge in [0.05, 0.1) is 23.4 Å². The van der Waals surface area contributed by atoms with E-state index in [0.29, 0.717) is 29.9 Å². The van der Waals surface area contributed by atoms with E-state index < -0.39 is 0 Å². The molecule has 0 spiro atoms. The highest BCUT2D eigenvalue weighted by Crippen LogP contribution is 2.40. The molecular formula is C17H14BrN5O2S2. The van der Waals surface area contributed by atoms with Crippen molar-refractivity contribution in [1.82, 2.24) is 24.9 Å². The molecule has 0 unspecified atom stereocenters. The molecule has 10 heteroatoms. The Morgan fingerprint density at radius 2 is 2.26 bits per heavy atom. The molecule has 0 amide bonds. The second-order valence-corrected chi connectivity index (χ2v) is 8.98. The molecular weight excluding hydrogens is 450 g/mol. The summed E-state index contributed by atoms with van der Waals surface area (Å²) in [6, 6.07) is 5.84. The van der Waals surface area contributed by atoms with Crippen LogP contribution in [0.3, 0.4) is 0 Å². The number of halogens is 1. The van der Waals surface area contributed by atoms with Crippen LogP contribution in [0.4, 0.5) is 0 Å². The predicted molar refractivity (Wildman–Crippen MR) is 105 cm³/mol. The summed E-state index contributed by atoms with van der Waals surface area (Å²) in [5, 5.41) is 15.7. The van der Waals surface area contributed by atoms with Crippen molar-refractivity contribution in [2.24, 2.45) is 0 Å². The van der Waals surface area contributed by atoms with Crippen LogP contribution in [0.5, 0.6) is 0 Å². The van der Waals surface area contributed by atoms with Crippen LogP contribution in [0.15, 0.2) is 48.4 Å². The second-order valence-electron chi connectivity index (χ2n) is 6.21. The molecule has 138 valence electrons. The van der Waals surface area contributed by atoms with Crippen LogP contribution in [0.1, 0.15) is 36.2 Å². The summed E-state index contributed by atoms with van der Waals surface area (Å²) in [4.78, 5) is 5.45. The van der Waals surface area contributed by atoms with Crippen LogP contribution < -0.4 is 0 Å². The third kappa shape index (κ3) is 3.74. The van der Waals surface area contributed by atoms with Gasteiger partial charge >= 0.3 is 0 Å². The third-order valence-corrected chi connectivity index (χ3v) is 6.80. The van der Waals surface area contributed by atoms with Crippen molar-refractivity contribution in [1.29, 1.82) is 0 Å². The van der Waals surface area contributed by atoms with Gasteiger partial charge in [-0.3, -0.25) is 4.57 Å². The molecule has 1 aliphatic carbocycles. The highest BCUT2D eigenvalue weighted by molar-refractivity contribution is 9.10. The molecule has 1 saturated carbocycles. The van der Waals surface area contributed by atoms with Crippen molar-refractivity contribution in [2.45, 2.75) is 36.2 Å². The van der Waals surface area contributed by atoms with Crippen LogP contribution in [0, 0.1) is 0 Å². The topological polar surface area (TPSA) is 82.8 Å². The first-order valence-electron chi connectivity index (χ1n) is 8.41. The zero-order valence-electron chi connectivity index (χ0n) is 14.0. The number of nitrogens with zero attached hydrogens (tertiary/aromatic N) is 5. The first-order valence-corrected chi connectivity index (χ1v) is 11.1. The molecule has 4 aromatic heterocycles. The van der Waals surface area contributed by atoms with E-state index in [1.54, 1.807) is 29.4 Å². The van der Waals surface area contributed by atoms with Crippen molar-refractivity contribution in [3.63, 3.8) is 0 Å². The number of thiophene rings is 1. The lowest BCUT2D eigenvalue weighted by Gasteiger charge is -2.07. The molecule has 0 radical (unpaired) electrons. The minimum Gasteiger partial charge on any atom is -0.467 e. The van der Waals surface area contributed by atoms with E-state index >= 15 is 0 Å². The van der Waals surface area contributed by atoms with Gasteiger partial charge in [-0.05, 0) is 47.0 Å². The summed E-state index contributed by atoms with van der Waals surface area (Å²) >= 11 is 6.56. The summed E-state index contributed by atoms with van der Waals surface area (Å²) < 4.78 is 14.1. The molecule has 0 atom stereocenters. The Morgan fingerprint density at radius 1 is 1.33 bits per heavy atom. The first-order chi connectivity index (χ1) is 13.3. The van der Waals surface area contributed by atoms with E-state index in [1.165, 1.54) is 12.8 Å². The van der Waals surface area contributed by atoms with Crippen LogP contribution in [-0.4, -0.2) is 24.9 Å². The van der Waals surface area contributed by atoms with E-state index in [-0.39, 0.29) is 0 Å². The monoisotopic (exact) mass is 463 g/mol. The number of furan rings is 1. The number of rotatable bonds is 7. The van der Waals surface area contributed by atoms with Gasteiger partial charge in [0.2, 0.25) is 11.7 Å². The van der Waals surface area contributed by atoms with Gasteiger partial charge in [-0.25, -0.2) is 0 Å². The summed E-state index contributed by atoms with van der Waals surface area (Å²) in [6.07, 6.45) is 4.03. The predicted octanol–water partition coefficient (Wildman–Crippen LogP) is 4.96. The average molecular weight is 464 g/mol. The Balaban J connectivity index is 1.33. The van der Waals surface area contributed by atoms with Crippen molar-refractivity contribution in [2.75, 3.05) is 0 Å². The Hall–Kier alpha value is -1.91. The van der Waals surface area contributed by atoms with Crippen molar-refractivity contribution < 1.29 is 8.94 Å². The van der Waals surface area contributed by atoms with Gasteiger partial charge in [0, 0.05) is 15.8 Å². The molecule has 7 nitrogen and oxygen atoms in total. The minimum absolute atomic E-state index is 0.508. The number of aromatic nitrogens is 5. The van der Waals surface area contributed by atoms with E-state index in [2.05, 4.69) is 40.8 Å². The van der Waals surface area contributed by atoms with Gasteiger partial charge in [-0.1, -0.05) is 16.9 Å². The van der Waals surface area contributed by atoms with Gasteiger partial charge in [-0.15, -0.1) is 21.5 Å². The van der Waals surface area contributed by atoms with E-state index in [1.807, 2.05) is 23.6 Å². The molecule has 1 fully saturated rings. The van der Waals surface area contributed by atoms with Crippen molar-refractivity contribution in [3.05, 3.63) is 51.8 Å². The Labute approximate surface area is 171 Å². The van der Waals surface area contributed by atoms with Crippen molar-refractivity contribution >= 4 is 39.0 Å². The van der Waals surface area contributed by atoms with E-state index in [9.17, 15) is 0 Å². The Kier molecular flexibility index (Phi) is 4.62. The van der Waals surface area contributed by atoms with Crippen molar-refractivity contribution in [3.8, 4) is 10.7 Å². The lowest BCUT2D eigenvalue weighted by Crippen LogP contribution is -2.05. The minimum atomic E-state index is 0.508. The number of hydrogen-bond acceptors (Lipinski definition) is 8. The van der Waals surface area contributed by atoms with Crippen LogP contribution in [-0.2, 0) is 12.3 Å². The Morgan fingerprint density at radius 3 is 3.00 bits per heavy atom. The largest absolute Gasteiger partial charge is 0.467 e.